The molecule has 1 aliphatic rings. The Kier molecular flexibility index (Phi) is 3.62. The van der Waals surface area contributed by atoms with Gasteiger partial charge < -0.3 is 5.32 Å². The zero-order chi connectivity index (χ0) is 11.8. The molecule has 0 bridgehead atoms. The number of hydrogen-bond donors (Lipinski definition) is 1. The van der Waals surface area contributed by atoms with Crippen LogP contribution in [0.15, 0.2) is 28.7 Å². The second kappa shape index (κ2) is 4.67. The van der Waals surface area contributed by atoms with Gasteiger partial charge in [-0.3, -0.25) is 0 Å². The SMILES string of the molecule is CC1(C)C(Cl)CC1NCc1ccccc1Br. The van der Waals surface area contributed by atoms with Crippen molar-refractivity contribution in [3.05, 3.63) is 34.3 Å². The van der Waals surface area contributed by atoms with Crippen molar-refractivity contribution in [3.8, 4) is 0 Å². The van der Waals surface area contributed by atoms with Crippen LogP contribution in [0.5, 0.6) is 0 Å². The van der Waals surface area contributed by atoms with E-state index >= 15 is 0 Å². The van der Waals surface area contributed by atoms with Gasteiger partial charge in [0, 0.05) is 22.4 Å². The van der Waals surface area contributed by atoms with Crippen LogP contribution in [0.3, 0.4) is 0 Å². The quantitative estimate of drug-likeness (QED) is 0.834. The molecule has 0 aliphatic heterocycles. The van der Waals surface area contributed by atoms with Gasteiger partial charge in [-0.1, -0.05) is 48.0 Å². The summed E-state index contributed by atoms with van der Waals surface area (Å²) in [4.78, 5) is 0. The van der Waals surface area contributed by atoms with Crippen molar-refractivity contribution < 1.29 is 0 Å². The van der Waals surface area contributed by atoms with Gasteiger partial charge in [0.15, 0.2) is 0 Å². The highest BCUT2D eigenvalue weighted by atomic mass is 79.9. The summed E-state index contributed by atoms with van der Waals surface area (Å²) in [6, 6.07) is 8.85. The minimum Gasteiger partial charge on any atom is -0.309 e. The van der Waals surface area contributed by atoms with E-state index in [0.717, 1.165) is 13.0 Å². The largest absolute Gasteiger partial charge is 0.309 e. The van der Waals surface area contributed by atoms with Crippen molar-refractivity contribution in [2.75, 3.05) is 0 Å². The van der Waals surface area contributed by atoms with Crippen LogP contribution < -0.4 is 5.32 Å². The molecule has 0 aromatic heterocycles. The fourth-order valence-electron chi connectivity index (χ4n) is 2.09. The Morgan fingerprint density at radius 1 is 1.44 bits per heavy atom. The van der Waals surface area contributed by atoms with Crippen LogP contribution >= 0.6 is 27.5 Å². The van der Waals surface area contributed by atoms with Crippen molar-refractivity contribution in [1.29, 1.82) is 0 Å². The normalized spacial score (nSPS) is 27.5. The molecule has 1 nitrogen and oxygen atoms in total. The molecule has 0 saturated heterocycles. The van der Waals surface area contributed by atoms with Gasteiger partial charge in [0.2, 0.25) is 0 Å². The van der Waals surface area contributed by atoms with Crippen LogP contribution in [-0.2, 0) is 6.54 Å². The second-order valence-corrected chi connectivity index (χ2v) is 6.43. The van der Waals surface area contributed by atoms with E-state index in [1.165, 1.54) is 10.0 Å². The van der Waals surface area contributed by atoms with E-state index in [1.54, 1.807) is 0 Å². The Morgan fingerprint density at radius 3 is 2.69 bits per heavy atom. The second-order valence-electron chi connectivity index (χ2n) is 5.05. The summed E-state index contributed by atoms with van der Waals surface area (Å²) in [6.45, 7) is 5.36. The van der Waals surface area contributed by atoms with Crippen LogP contribution in [0.2, 0.25) is 0 Å². The first-order valence-electron chi connectivity index (χ1n) is 5.62. The fourth-order valence-corrected chi connectivity index (χ4v) is 2.85. The molecule has 2 unspecified atom stereocenters. The summed E-state index contributed by atoms with van der Waals surface area (Å²) in [6.07, 6.45) is 1.07. The lowest BCUT2D eigenvalue weighted by molar-refractivity contribution is 0.115. The minimum atomic E-state index is 0.211. The van der Waals surface area contributed by atoms with Gasteiger partial charge in [0.05, 0.1) is 0 Å². The molecule has 0 amide bonds. The smallest absolute Gasteiger partial charge is 0.0416 e. The summed E-state index contributed by atoms with van der Waals surface area (Å²) in [7, 11) is 0. The predicted octanol–water partition coefficient (Wildman–Crippen LogP) is 3.94. The summed E-state index contributed by atoms with van der Waals surface area (Å²) in [5, 5.41) is 3.89. The third kappa shape index (κ3) is 2.29. The van der Waals surface area contributed by atoms with Crippen LogP contribution in [0.4, 0.5) is 0 Å². The highest BCUT2D eigenvalue weighted by Crippen LogP contribution is 2.44. The van der Waals surface area contributed by atoms with Crippen LogP contribution in [-0.4, -0.2) is 11.4 Å². The molecule has 1 fully saturated rings. The lowest BCUT2D eigenvalue weighted by Crippen LogP contribution is -2.57. The molecule has 2 rings (SSSR count). The maximum atomic E-state index is 6.20. The summed E-state index contributed by atoms with van der Waals surface area (Å²) >= 11 is 9.76. The number of nitrogens with one attached hydrogen (secondary N) is 1. The Bertz CT molecular complexity index is 378. The Balaban J connectivity index is 1.92. The van der Waals surface area contributed by atoms with E-state index in [0.29, 0.717) is 11.4 Å². The molecule has 1 saturated carbocycles. The third-order valence-electron chi connectivity index (χ3n) is 3.64. The molecule has 2 atom stereocenters. The average Bonchev–Trinajstić information content (AvgIpc) is 2.26. The van der Waals surface area contributed by atoms with E-state index in [-0.39, 0.29) is 5.41 Å². The number of rotatable bonds is 3. The first kappa shape index (κ1) is 12.4. The molecule has 3 heteroatoms. The summed E-state index contributed by atoms with van der Waals surface area (Å²) < 4.78 is 1.17. The van der Waals surface area contributed by atoms with Crippen molar-refractivity contribution in [3.63, 3.8) is 0 Å². The number of benzene rings is 1. The van der Waals surface area contributed by atoms with Crippen molar-refractivity contribution >= 4 is 27.5 Å². The van der Waals surface area contributed by atoms with E-state index in [2.05, 4.69) is 53.3 Å². The third-order valence-corrected chi connectivity index (χ3v) is 5.16. The molecule has 16 heavy (non-hydrogen) atoms. The average molecular weight is 303 g/mol. The summed E-state index contributed by atoms with van der Waals surface area (Å²) in [5.74, 6) is 0. The first-order chi connectivity index (χ1) is 7.51. The maximum Gasteiger partial charge on any atom is 0.0416 e. The first-order valence-corrected chi connectivity index (χ1v) is 6.85. The zero-order valence-corrected chi connectivity index (χ0v) is 12.0. The fraction of sp³-hybridized carbons (Fsp3) is 0.538. The summed E-state index contributed by atoms with van der Waals surface area (Å²) in [5.41, 5.74) is 1.51. The van der Waals surface area contributed by atoms with Gasteiger partial charge in [0.25, 0.3) is 0 Å². The molecule has 0 radical (unpaired) electrons. The maximum absolute atomic E-state index is 6.20. The predicted molar refractivity (Wildman–Crippen MR) is 72.8 cm³/mol. The minimum absolute atomic E-state index is 0.211. The molecule has 1 aromatic rings. The van der Waals surface area contributed by atoms with Crippen LogP contribution in [0, 0.1) is 5.41 Å². The molecular weight excluding hydrogens is 286 g/mol. The van der Waals surface area contributed by atoms with E-state index in [9.17, 15) is 0 Å². The molecule has 0 heterocycles. The molecule has 1 N–H and O–H groups in total. The Labute approximate surface area is 111 Å². The zero-order valence-electron chi connectivity index (χ0n) is 9.63. The van der Waals surface area contributed by atoms with E-state index < -0.39 is 0 Å². The van der Waals surface area contributed by atoms with E-state index in [4.69, 9.17) is 11.6 Å². The molecule has 1 aliphatic carbocycles. The van der Waals surface area contributed by atoms with Crippen LogP contribution in [0.25, 0.3) is 0 Å². The van der Waals surface area contributed by atoms with Crippen molar-refractivity contribution in [1.82, 2.24) is 5.32 Å². The Hall–Kier alpha value is -0.0500. The van der Waals surface area contributed by atoms with Gasteiger partial charge in [-0.15, -0.1) is 11.6 Å². The van der Waals surface area contributed by atoms with Crippen molar-refractivity contribution in [2.45, 2.75) is 38.2 Å². The monoisotopic (exact) mass is 301 g/mol. The topological polar surface area (TPSA) is 12.0 Å². The van der Waals surface area contributed by atoms with Gasteiger partial charge in [-0.25, -0.2) is 0 Å². The molecular formula is C13H17BrClN. The van der Waals surface area contributed by atoms with Crippen molar-refractivity contribution in [2.24, 2.45) is 5.41 Å². The number of alkyl halides is 1. The number of hydrogen-bond acceptors (Lipinski definition) is 1. The molecule has 0 spiro atoms. The van der Waals surface area contributed by atoms with Gasteiger partial charge in [0.1, 0.15) is 0 Å². The molecule has 88 valence electrons. The Morgan fingerprint density at radius 2 is 2.12 bits per heavy atom. The highest BCUT2D eigenvalue weighted by molar-refractivity contribution is 9.10. The standard InChI is InChI=1S/C13H17BrClN/c1-13(2)11(15)7-12(13)16-8-9-5-3-4-6-10(9)14/h3-6,11-12,16H,7-8H2,1-2H3. The van der Waals surface area contributed by atoms with E-state index in [1.807, 2.05) is 6.07 Å². The van der Waals surface area contributed by atoms with Gasteiger partial charge in [-0.05, 0) is 23.5 Å². The van der Waals surface area contributed by atoms with Gasteiger partial charge in [-0.2, -0.15) is 0 Å². The highest BCUT2D eigenvalue weighted by Gasteiger charge is 2.46. The number of halogens is 2. The lowest BCUT2D eigenvalue weighted by atomic mass is 9.67. The lowest BCUT2D eigenvalue weighted by Gasteiger charge is -2.49. The van der Waals surface area contributed by atoms with Crippen LogP contribution in [0.1, 0.15) is 25.8 Å². The van der Waals surface area contributed by atoms with Gasteiger partial charge >= 0.3 is 0 Å². The molecule has 1 aromatic carbocycles.